The van der Waals surface area contributed by atoms with Crippen molar-refractivity contribution in [2.75, 3.05) is 17.7 Å². The predicted octanol–water partition coefficient (Wildman–Crippen LogP) is 2.18. The highest BCUT2D eigenvalue weighted by molar-refractivity contribution is 5.92. The van der Waals surface area contributed by atoms with Crippen molar-refractivity contribution in [2.24, 2.45) is 0 Å². The Morgan fingerprint density at radius 2 is 2.14 bits per heavy atom. The number of aromatic nitrogens is 4. The fourth-order valence-corrected chi connectivity index (χ4v) is 3.32. The van der Waals surface area contributed by atoms with Gasteiger partial charge in [0.15, 0.2) is 0 Å². The molecule has 0 saturated carbocycles. The first-order valence-electron chi connectivity index (χ1n) is 8.90. The van der Waals surface area contributed by atoms with E-state index in [1.165, 1.54) is 6.21 Å². The molecule has 4 bridgehead atoms. The molecule has 0 radical (unpaired) electrons. The molecular formula is C19H20N8O. The van der Waals surface area contributed by atoms with Crippen LogP contribution in [-0.2, 0) is 13.0 Å². The van der Waals surface area contributed by atoms with Gasteiger partial charge in [-0.1, -0.05) is 35.5 Å². The summed E-state index contributed by atoms with van der Waals surface area (Å²) < 4.78 is 1.71. The molecule has 0 saturated heterocycles. The zero-order chi connectivity index (χ0) is 19.5. The molecule has 3 heterocycles. The lowest BCUT2D eigenvalue weighted by Gasteiger charge is -2.20. The molecular weight excluding hydrogens is 356 g/mol. The van der Waals surface area contributed by atoms with E-state index in [4.69, 9.17) is 5.41 Å². The molecule has 9 nitrogen and oxygen atoms in total. The van der Waals surface area contributed by atoms with E-state index < -0.39 is 0 Å². The molecule has 0 unspecified atom stereocenters. The van der Waals surface area contributed by atoms with Gasteiger partial charge in [0.05, 0.1) is 29.7 Å². The third-order valence-corrected chi connectivity index (χ3v) is 4.59. The van der Waals surface area contributed by atoms with Crippen LogP contribution in [0.25, 0.3) is 0 Å². The highest BCUT2D eigenvalue weighted by atomic mass is 16.2. The molecule has 0 aliphatic carbocycles. The number of nitrogens with one attached hydrogen (secondary N) is 4. The molecule has 2 amide bonds. The summed E-state index contributed by atoms with van der Waals surface area (Å²) in [6.07, 6.45) is 3.60. The number of anilines is 2. The minimum atomic E-state index is -0.367. The van der Waals surface area contributed by atoms with Crippen LogP contribution in [0.5, 0.6) is 0 Å². The van der Waals surface area contributed by atoms with E-state index in [-0.39, 0.29) is 12.1 Å². The lowest BCUT2D eigenvalue weighted by atomic mass is 10.0. The molecule has 1 aliphatic rings. The maximum Gasteiger partial charge on any atom is 0.320 e. The average Bonchev–Trinajstić information content (AvgIpc) is 3.14. The minimum absolute atomic E-state index is 0.260. The van der Waals surface area contributed by atoms with E-state index in [0.717, 1.165) is 16.9 Å². The van der Waals surface area contributed by atoms with Crippen LogP contribution in [0.2, 0.25) is 0 Å². The van der Waals surface area contributed by atoms with Crippen LogP contribution < -0.4 is 16.0 Å². The number of hydrogen-bond donors (Lipinski definition) is 4. The third-order valence-electron chi connectivity index (χ3n) is 4.59. The summed E-state index contributed by atoms with van der Waals surface area (Å²) in [6.45, 7) is 0.372. The number of carbonyl (C=O) groups is 1. The van der Waals surface area contributed by atoms with Gasteiger partial charge < -0.3 is 16.0 Å². The molecule has 4 rings (SSSR count). The maximum absolute atomic E-state index is 12.6. The van der Waals surface area contributed by atoms with Crippen LogP contribution in [-0.4, -0.2) is 39.3 Å². The van der Waals surface area contributed by atoms with E-state index in [1.54, 1.807) is 17.8 Å². The van der Waals surface area contributed by atoms with Crippen molar-refractivity contribution < 1.29 is 4.79 Å². The molecule has 1 aromatic carbocycles. The highest BCUT2D eigenvalue weighted by Gasteiger charge is 2.20. The van der Waals surface area contributed by atoms with Crippen LogP contribution >= 0.6 is 0 Å². The Hall–Kier alpha value is -3.75. The van der Waals surface area contributed by atoms with Gasteiger partial charge in [0.1, 0.15) is 5.82 Å². The topological polar surface area (TPSA) is 121 Å². The molecule has 4 N–H and O–H groups in total. The number of urea groups is 1. The van der Waals surface area contributed by atoms with Crippen molar-refractivity contribution >= 4 is 23.8 Å². The first-order valence-corrected chi connectivity index (χ1v) is 8.90. The van der Waals surface area contributed by atoms with E-state index in [1.807, 2.05) is 36.5 Å². The number of fused-ring (bicyclic) bond motifs is 4. The van der Waals surface area contributed by atoms with Gasteiger partial charge in [-0.05, 0) is 11.6 Å². The van der Waals surface area contributed by atoms with Crippen molar-refractivity contribution in [3.8, 4) is 0 Å². The Labute approximate surface area is 161 Å². The fraction of sp³-hybridized carbons (Fsp3) is 0.211. The summed E-state index contributed by atoms with van der Waals surface area (Å²) in [5, 5.41) is 25.0. The first kappa shape index (κ1) is 17.7. The van der Waals surface area contributed by atoms with Gasteiger partial charge in [0.2, 0.25) is 0 Å². The Kier molecular flexibility index (Phi) is 4.71. The SMILES string of the molecule is CNc1c(C=N)cc2nc1Cn1cc(nn1)C[C@H](c1ccccc1)NC(=O)N2. The number of pyridine rings is 1. The summed E-state index contributed by atoms with van der Waals surface area (Å²) in [6, 6.07) is 10.8. The molecule has 1 atom stereocenters. The summed E-state index contributed by atoms with van der Waals surface area (Å²) in [5.41, 5.74) is 3.75. The standard InChI is InChI=1S/C19H20N8O/c1-21-18-13(9-20)7-17-22-16(18)11-27-10-14(25-26-27)8-15(23-19(28)24-17)12-5-3-2-4-6-12/h2-7,9-10,15,20-21H,8,11H2,1H3,(H2,22,23,24,28)/t15-/m1/s1. The second kappa shape index (κ2) is 7.47. The van der Waals surface area contributed by atoms with Crippen molar-refractivity contribution in [2.45, 2.75) is 19.0 Å². The zero-order valence-electron chi connectivity index (χ0n) is 15.3. The Morgan fingerprint density at radius 3 is 2.89 bits per heavy atom. The summed E-state index contributed by atoms with van der Waals surface area (Å²) in [7, 11) is 1.77. The molecule has 28 heavy (non-hydrogen) atoms. The zero-order valence-corrected chi connectivity index (χ0v) is 15.3. The minimum Gasteiger partial charge on any atom is -0.386 e. The number of hydrogen-bond acceptors (Lipinski definition) is 6. The van der Waals surface area contributed by atoms with Crippen LogP contribution in [0, 0.1) is 5.41 Å². The Balaban J connectivity index is 1.77. The van der Waals surface area contributed by atoms with Gasteiger partial charge in [-0.3, -0.25) is 5.32 Å². The molecule has 0 fully saturated rings. The van der Waals surface area contributed by atoms with Crippen molar-refractivity contribution in [3.05, 3.63) is 65.1 Å². The normalized spacial score (nSPS) is 16.2. The number of benzene rings is 1. The van der Waals surface area contributed by atoms with Gasteiger partial charge >= 0.3 is 6.03 Å². The predicted molar refractivity (Wildman–Crippen MR) is 106 cm³/mol. The number of nitrogens with zero attached hydrogens (tertiary/aromatic N) is 4. The average molecular weight is 376 g/mol. The van der Waals surface area contributed by atoms with Gasteiger partial charge in [0, 0.05) is 31.4 Å². The van der Waals surface area contributed by atoms with Gasteiger partial charge in [-0.25, -0.2) is 14.5 Å². The van der Waals surface area contributed by atoms with E-state index in [9.17, 15) is 4.79 Å². The summed E-state index contributed by atoms with van der Waals surface area (Å²) in [4.78, 5) is 17.2. The van der Waals surface area contributed by atoms with Gasteiger partial charge in [0.25, 0.3) is 0 Å². The molecule has 142 valence electrons. The van der Waals surface area contributed by atoms with Crippen molar-refractivity contribution in [3.63, 3.8) is 0 Å². The smallest absolute Gasteiger partial charge is 0.320 e. The van der Waals surface area contributed by atoms with Crippen molar-refractivity contribution in [1.29, 1.82) is 5.41 Å². The monoisotopic (exact) mass is 376 g/mol. The van der Waals surface area contributed by atoms with Crippen molar-refractivity contribution in [1.82, 2.24) is 25.3 Å². The quantitative estimate of drug-likeness (QED) is 0.522. The van der Waals surface area contributed by atoms with Gasteiger partial charge in [-0.15, -0.1) is 5.10 Å². The fourth-order valence-electron chi connectivity index (χ4n) is 3.32. The molecule has 2 aromatic heterocycles. The molecule has 1 aliphatic heterocycles. The molecule has 9 heteroatoms. The maximum atomic E-state index is 12.6. The largest absolute Gasteiger partial charge is 0.386 e. The second-order valence-corrected chi connectivity index (χ2v) is 6.49. The lowest BCUT2D eigenvalue weighted by Crippen LogP contribution is -2.34. The van der Waals surface area contributed by atoms with Crippen LogP contribution in [0.4, 0.5) is 16.3 Å². The summed E-state index contributed by atoms with van der Waals surface area (Å²) >= 11 is 0. The molecule has 0 spiro atoms. The summed E-state index contributed by atoms with van der Waals surface area (Å²) in [5.74, 6) is 0.373. The highest BCUT2D eigenvalue weighted by Crippen LogP contribution is 2.24. The third kappa shape index (κ3) is 3.54. The van der Waals surface area contributed by atoms with Gasteiger partial charge in [-0.2, -0.15) is 0 Å². The van der Waals surface area contributed by atoms with Crippen LogP contribution in [0.3, 0.4) is 0 Å². The van der Waals surface area contributed by atoms with Crippen LogP contribution in [0.15, 0.2) is 42.6 Å². The van der Waals surface area contributed by atoms with E-state index >= 15 is 0 Å². The number of amides is 2. The second-order valence-electron chi connectivity index (χ2n) is 6.49. The lowest BCUT2D eigenvalue weighted by molar-refractivity contribution is 0.248. The van der Waals surface area contributed by atoms with E-state index in [0.29, 0.717) is 30.0 Å². The first-order chi connectivity index (χ1) is 13.7. The number of carbonyl (C=O) groups excluding carboxylic acids is 1. The molecule has 3 aromatic rings. The van der Waals surface area contributed by atoms with Crippen LogP contribution in [0.1, 0.15) is 28.6 Å². The van der Waals surface area contributed by atoms with E-state index in [2.05, 4.69) is 31.2 Å². The number of rotatable bonds is 3. The Morgan fingerprint density at radius 1 is 1.32 bits per heavy atom. The Bertz CT molecular complexity index is 1010.